The topological polar surface area (TPSA) is 129 Å². The minimum atomic E-state index is 0.205. The number of nitrogens with two attached hydrogens (primary N) is 1. The molecule has 0 saturated heterocycles. The number of aromatic amines is 1. The minimum Gasteiger partial charge on any atom is -0.454 e. The number of nitrogens with one attached hydrogen (secondary N) is 2. The monoisotopic (exact) mass is 452 g/mol. The predicted octanol–water partition coefficient (Wildman–Crippen LogP) is 3.07. The van der Waals surface area contributed by atoms with Gasteiger partial charge < -0.3 is 25.1 Å². The fourth-order valence-corrected chi connectivity index (χ4v) is 4.62. The number of hydrogen-bond donors (Lipinski definition) is 3. The number of nitrogens with zero attached hydrogens (tertiary/aromatic N) is 5. The maximum atomic E-state index is 6.11. The summed E-state index contributed by atoms with van der Waals surface area (Å²) in [6.07, 6.45) is 4.20. The summed E-state index contributed by atoms with van der Waals surface area (Å²) in [6.45, 7) is 6.12. The number of fused-ring (bicyclic) bond motifs is 2. The lowest BCUT2D eigenvalue weighted by atomic mass is 10.1. The van der Waals surface area contributed by atoms with Crippen LogP contribution in [-0.2, 0) is 6.54 Å². The summed E-state index contributed by atoms with van der Waals surface area (Å²) >= 11 is 1.52. The van der Waals surface area contributed by atoms with Crippen molar-refractivity contribution < 1.29 is 9.47 Å². The average molecular weight is 453 g/mol. The lowest BCUT2D eigenvalue weighted by Crippen LogP contribution is -2.24. The molecule has 0 saturated carbocycles. The molecule has 10 nitrogen and oxygen atoms in total. The van der Waals surface area contributed by atoms with E-state index in [1.165, 1.54) is 18.1 Å². The van der Waals surface area contributed by atoms with Crippen LogP contribution in [0.5, 0.6) is 11.5 Å². The Hall–Kier alpha value is -3.31. The predicted molar refractivity (Wildman–Crippen MR) is 122 cm³/mol. The second kappa shape index (κ2) is 8.67. The minimum absolute atomic E-state index is 0.205. The Kier molecular flexibility index (Phi) is 5.58. The van der Waals surface area contributed by atoms with E-state index < -0.39 is 0 Å². The first-order valence-electron chi connectivity index (χ1n) is 10.4. The lowest BCUT2D eigenvalue weighted by Gasteiger charge is -2.12. The molecule has 1 aliphatic rings. The van der Waals surface area contributed by atoms with Gasteiger partial charge in [0.15, 0.2) is 33.6 Å². The second-order valence-electron chi connectivity index (χ2n) is 7.70. The molecule has 0 atom stereocenters. The molecule has 3 aromatic heterocycles. The van der Waals surface area contributed by atoms with Gasteiger partial charge in [0.1, 0.15) is 6.33 Å². The first-order valence-corrected chi connectivity index (χ1v) is 11.2. The molecule has 1 aliphatic heterocycles. The van der Waals surface area contributed by atoms with E-state index in [4.69, 9.17) is 20.2 Å². The van der Waals surface area contributed by atoms with Crippen molar-refractivity contribution in [1.82, 2.24) is 35.0 Å². The number of nitrogen functional groups attached to an aromatic ring is 1. The number of hydrogen-bond acceptors (Lipinski definition) is 9. The fraction of sp³-hybridized carbons (Fsp3) is 0.333. The van der Waals surface area contributed by atoms with Gasteiger partial charge in [0.25, 0.3) is 0 Å². The third kappa shape index (κ3) is 3.96. The van der Waals surface area contributed by atoms with Gasteiger partial charge in [-0.3, -0.25) is 5.10 Å². The van der Waals surface area contributed by atoms with Gasteiger partial charge in [-0.15, -0.1) is 0 Å². The number of benzene rings is 1. The Labute approximate surface area is 188 Å². The van der Waals surface area contributed by atoms with Crippen LogP contribution in [0.25, 0.3) is 22.4 Å². The van der Waals surface area contributed by atoms with Crippen LogP contribution in [0.1, 0.15) is 20.3 Å². The average Bonchev–Trinajstić information content (AvgIpc) is 3.51. The van der Waals surface area contributed by atoms with Crippen molar-refractivity contribution in [3.63, 3.8) is 0 Å². The Balaban J connectivity index is 1.54. The van der Waals surface area contributed by atoms with Crippen molar-refractivity contribution in [1.29, 1.82) is 0 Å². The highest BCUT2D eigenvalue weighted by Gasteiger charge is 2.22. The lowest BCUT2D eigenvalue weighted by molar-refractivity contribution is 0.174. The number of ether oxygens (including phenoxy) is 2. The Bertz CT molecular complexity index is 1240. The highest BCUT2D eigenvalue weighted by atomic mass is 32.2. The number of rotatable bonds is 8. The number of H-pyrrole nitrogens is 1. The molecule has 0 amide bonds. The molecular formula is C21H24N8O2S. The van der Waals surface area contributed by atoms with Crippen LogP contribution in [0.3, 0.4) is 0 Å². The fourth-order valence-electron chi connectivity index (χ4n) is 3.56. The summed E-state index contributed by atoms with van der Waals surface area (Å²) < 4.78 is 13.3. The largest absolute Gasteiger partial charge is 0.454 e. The number of aryl methyl sites for hydroxylation is 1. The molecule has 0 radical (unpaired) electrons. The first kappa shape index (κ1) is 20.6. The van der Waals surface area contributed by atoms with Crippen LogP contribution in [0.2, 0.25) is 0 Å². The van der Waals surface area contributed by atoms with Gasteiger partial charge in [-0.05, 0) is 31.2 Å². The van der Waals surface area contributed by atoms with Gasteiger partial charge in [-0.25, -0.2) is 15.0 Å². The molecule has 1 aromatic carbocycles. The smallest absolute Gasteiger partial charge is 0.231 e. The van der Waals surface area contributed by atoms with Crippen molar-refractivity contribution in [3.05, 3.63) is 30.7 Å². The van der Waals surface area contributed by atoms with Crippen molar-refractivity contribution in [3.8, 4) is 22.8 Å². The highest BCUT2D eigenvalue weighted by molar-refractivity contribution is 7.99. The highest BCUT2D eigenvalue weighted by Crippen LogP contribution is 2.44. The molecule has 0 bridgehead atoms. The SMILES string of the molecule is CC(C)NCCCn1c(Sc2cc3c(cc2-c2cc[nH]n2)OCO3)nc2c(N)ncnc21. The molecule has 0 spiro atoms. The van der Waals surface area contributed by atoms with E-state index in [0.29, 0.717) is 28.9 Å². The third-order valence-electron chi connectivity index (χ3n) is 5.09. The first-order chi connectivity index (χ1) is 15.6. The van der Waals surface area contributed by atoms with Gasteiger partial charge in [-0.1, -0.05) is 25.6 Å². The normalized spacial score (nSPS) is 12.8. The van der Waals surface area contributed by atoms with Crippen LogP contribution in [0, 0.1) is 0 Å². The van der Waals surface area contributed by atoms with Crippen LogP contribution >= 0.6 is 11.8 Å². The van der Waals surface area contributed by atoms with E-state index in [1.54, 1.807) is 6.20 Å². The summed E-state index contributed by atoms with van der Waals surface area (Å²) in [4.78, 5) is 14.3. The standard InChI is InChI=1S/C21H24N8O2S/c1-12(2)23-5-3-7-29-20-18(19(22)24-10-25-20)27-21(29)32-17-9-16-15(30-11-31-16)8-13(17)14-4-6-26-28-14/h4,6,8-10,12,23H,3,5,7,11H2,1-2H3,(H,26,28)(H2,22,24,25). The van der Waals surface area contributed by atoms with Gasteiger partial charge in [0.2, 0.25) is 6.79 Å². The molecule has 0 fully saturated rings. The molecular weight excluding hydrogens is 428 g/mol. The zero-order valence-electron chi connectivity index (χ0n) is 17.8. The number of aromatic nitrogens is 6. The summed E-state index contributed by atoms with van der Waals surface area (Å²) in [7, 11) is 0. The molecule has 166 valence electrons. The quantitative estimate of drug-likeness (QED) is 0.345. The Morgan fingerprint density at radius 3 is 2.88 bits per heavy atom. The van der Waals surface area contributed by atoms with Crippen molar-refractivity contribution in [2.24, 2.45) is 0 Å². The molecule has 0 unspecified atom stereocenters. The van der Waals surface area contributed by atoms with E-state index in [-0.39, 0.29) is 6.79 Å². The Morgan fingerprint density at radius 2 is 2.09 bits per heavy atom. The number of imidazole rings is 1. The van der Waals surface area contributed by atoms with E-state index in [9.17, 15) is 0 Å². The summed E-state index contributed by atoms with van der Waals surface area (Å²) in [5.41, 5.74) is 9.19. The molecule has 4 aromatic rings. The maximum Gasteiger partial charge on any atom is 0.231 e. The molecule has 4 heterocycles. The van der Waals surface area contributed by atoms with Crippen LogP contribution < -0.4 is 20.5 Å². The van der Waals surface area contributed by atoms with Gasteiger partial charge in [0.05, 0.1) is 5.69 Å². The molecule has 5 rings (SSSR count). The summed E-state index contributed by atoms with van der Waals surface area (Å²) in [5, 5.41) is 11.5. The maximum absolute atomic E-state index is 6.11. The van der Waals surface area contributed by atoms with E-state index in [0.717, 1.165) is 46.5 Å². The Morgan fingerprint density at radius 1 is 1.25 bits per heavy atom. The molecule has 11 heteroatoms. The van der Waals surface area contributed by atoms with E-state index in [2.05, 4.69) is 43.9 Å². The van der Waals surface area contributed by atoms with Crippen LogP contribution in [0.4, 0.5) is 5.82 Å². The van der Waals surface area contributed by atoms with E-state index >= 15 is 0 Å². The van der Waals surface area contributed by atoms with Crippen molar-refractivity contribution >= 4 is 28.7 Å². The number of anilines is 1. The van der Waals surface area contributed by atoms with Gasteiger partial charge >= 0.3 is 0 Å². The molecule has 0 aliphatic carbocycles. The molecule has 4 N–H and O–H groups in total. The summed E-state index contributed by atoms with van der Waals surface area (Å²) in [6, 6.07) is 6.28. The van der Waals surface area contributed by atoms with E-state index in [1.807, 2.05) is 18.2 Å². The summed E-state index contributed by atoms with van der Waals surface area (Å²) in [5.74, 6) is 1.78. The van der Waals surface area contributed by atoms with Crippen molar-refractivity contribution in [2.45, 2.75) is 42.9 Å². The van der Waals surface area contributed by atoms with Gasteiger partial charge in [-0.2, -0.15) is 5.10 Å². The zero-order valence-corrected chi connectivity index (χ0v) is 18.6. The zero-order chi connectivity index (χ0) is 22.1. The second-order valence-corrected chi connectivity index (χ2v) is 8.71. The van der Waals surface area contributed by atoms with Gasteiger partial charge in [0, 0.05) is 29.2 Å². The van der Waals surface area contributed by atoms with Crippen LogP contribution in [0.15, 0.2) is 40.8 Å². The molecule has 32 heavy (non-hydrogen) atoms. The van der Waals surface area contributed by atoms with Crippen LogP contribution in [-0.4, -0.2) is 49.1 Å². The third-order valence-corrected chi connectivity index (χ3v) is 6.14. The van der Waals surface area contributed by atoms with Crippen molar-refractivity contribution in [2.75, 3.05) is 19.1 Å².